The third-order valence-electron chi connectivity index (χ3n) is 2.79. The van der Waals surface area contributed by atoms with Gasteiger partial charge in [0.1, 0.15) is 6.04 Å². The van der Waals surface area contributed by atoms with E-state index in [1.165, 1.54) is 11.8 Å². The summed E-state index contributed by atoms with van der Waals surface area (Å²) in [6.45, 7) is 1.92. The number of rotatable bonds is 5. The lowest BCUT2D eigenvalue weighted by molar-refractivity contribution is -0.126. The highest BCUT2D eigenvalue weighted by molar-refractivity contribution is 8.00. The van der Waals surface area contributed by atoms with Crippen molar-refractivity contribution in [3.8, 4) is 0 Å². The van der Waals surface area contributed by atoms with Crippen molar-refractivity contribution in [3.63, 3.8) is 0 Å². The highest BCUT2D eigenvalue weighted by Crippen LogP contribution is 2.23. The summed E-state index contributed by atoms with van der Waals surface area (Å²) in [5, 5.41) is 0. The van der Waals surface area contributed by atoms with Gasteiger partial charge in [-0.25, -0.2) is 4.31 Å². The Hall–Kier alpha value is -1.05. The van der Waals surface area contributed by atoms with Crippen molar-refractivity contribution in [2.45, 2.75) is 30.7 Å². The van der Waals surface area contributed by atoms with Crippen LogP contribution in [0.4, 0.5) is 0 Å². The van der Waals surface area contributed by atoms with Crippen LogP contribution >= 0.6 is 11.8 Å². The molecule has 19 heavy (non-hydrogen) atoms. The van der Waals surface area contributed by atoms with Gasteiger partial charge in [0.05, 0.1) is 5.88 Å². The van der Waals surface area contributed by atoms with Crippen molar-refractivity contribution < 1.29 is 13.2 Å². The van der Waals surface area contributed by atoms with E-state index in [9.17, 15) is 13.2 Å². The van der Waals surface area contributed by atoms with E-state index in [1.54, 1.807) is 0 Å². The molecule has 1 aliphatic rings. The van der Waals surface area contributed by atoms with Crippen LogP contribution in [-0.4, -0.2) is 30.5 Å². The summed E-state index contributed by atoms with van der Waals surface area (Å²) in [6, 6.07) is 8.80. The Morgan fingerprint density at radius 3 is 2.63 bits per heavy atom. The predicted molar refractivity (Wildman–Crippen MR) is 74.8 cm³/mol. The summed E-state index contributed by atoms with van der Waals surface area (Å²) in [7, 11) is -3.66. The molecule has 1 saturated heterocycles. The van der Waals surface area contributed by atoms with E-state index >= 15 is 0 Å². The molecule has 0 aliphatic carbocycles. The summed E-state index contributed by atoms with van der Waals surface area (Å²) < 4.78 is 27.0. The summed E-state index contributed by atoms with van der Waals surface area (Å²) in [5.74, 6) is -0.247. The zero-order chi connectivity index (χ0) is 13.9. The van der Waals surface area contributed by atoms with E-state index < -0.39 is 16.3 Å². The second-order valence-corrected chi connectivity index (χ2v) is 6.88. The van der Waals surface area contributed by atoms with Gasteiger partial charge in [0.25, 0.3) is 5.91 Å². The van der Waals surface area contributed by atoms with Crippen molar-refractivity contribution in [2.75, 3.05) is 5.88 Å². The minimum atomic E-state index is -3.66. The van der Waals surface area contributed by atoms with Gasteiger partial charge >= 0.3 is 10.2 Å². The van der Waals surface area contributed by atoms with Gasteiger partial charge in [-0.15, -0.1) is 11.8 Å². The lowest BCUT2D eigenvalue weighted by Gasteiger charge is -2.13. The van der Waals surface area contributed by atoms with E-state index in [-0.39, 0.29) is 11.8 Å². The number of benzene rings is 1. The highest BCUT2D eigenvalue weighted by atomic mass is 32.2. The highest BCUT2D eigenvalue weighted by Gasteiger charge is 2.42. The number of nitrogens with zero attached hydrogens (tertiary/aromatic N) is 1. The first-order valence-electron chi connectivity index (χ1n) is 6.06. The fraction of sp³-hybridized carbons (Fsp3) is 0.417. The first kappa shape index (κ1) is 14.4. The number of hydrogen-bond acceptors (Lipinski definition) is 4. The topological polar surface area (TPSA) is 66.5 Å². The number of carbonyl (C=O) groups excluding carboxylic acids is 1. The predicted octanol–water partition coefficient (Wildman–Crippen LogP) is 1.58. The van der Waals surface area contributed by atoms with Gasteiger partial charge in [0.15, 0.2) is 0 Å². The zero-order valence-electron chi connectivity index (χ0n) is 10.6. The first-order valence-corrected chi connectivity index (χ1v) is 8.49. The fourth-order valence-electron chi connectivity index (χ4n) is 1.84. The van der Waals surface area contributed by atoms with Crippen molar-refractivity contribution in [2.24, 2.45) is 0 Å². The standard InChI is InChI=1S/C12H16N2O3S2/c1-2-6-11-12(15)14(19(16,17)13-11)9-18-10-7-4-3-5-8-10/h3-5,7-8,11,13H,2,6,9H2,1H3. The third-order valence-corrected chi connectivity index (χ3v) is 5.42. The molecule has 1 unspecified atom stereocenters. The minimum absolute atomic E-state index is 0.110. The molecule has 1 N–H and O–H groups in total. The van der Waals surface area contributed by atoms with Crippen molar-refractivity contribution in [3.05, 3.63) is 30.3 Å². The molecule has 0 saturated carbocycles. The van der Waals surface area contributed by atoms with Crippen molar-refractivity contribution in [1.29, 1.82) is 0 Å². The normalized spacial score (nSPS) is 21.8. The molecule has 0 radical (unpaired) electrons. The van der Waals surface area contributed by atoms with Gasteiger partial charge in [-0.2, -0.15) is 13.1 Å². The maximum Gasteiger partial charge on any atom is 0.305 e. The Balaban J connectivity index is 2.05. The average Bonchev–Trinajstić information content (AvgIpc) is 2.59. The third kappa shape index (κ3) is 3.29. The van der Waals surface area contributed by atoms with Gasteiger partial charge < -0.3 is 0 Å². The molecule has 5 nitrogen and oxygen atoms in total. The van der Waals surface area contributed by atoms with E-state index in [4.69, 9.17) is 0 Å². The molecular weight excluding hydrogens is 284 g/mol. The molecule has 1 aromatic rings. The maximum absolute atomic E-state index is 12.0. The smallest absolute Gasteiger partial charge is 0.272 e. The van der Waals surface area contributed by atoms with Gasteiger partial charge in [-0.1, -0.05) is 31.5 Å². The molecule has 1 amide bonds. The fourth-order valence-corrected chi connectivity index (χ4v) is 4.37. The lowest BCUT2D eigenvalue weighted by Crippen LogP contribution is -2.31. The van der Waals surface area contributed by atoms with Crippen LogP contribution in [0.5, 0.6) is 0 Å². The van der Waals surface area contributed by atoms with Gasteiger partial charge in [0, 0.05) is 4.90 Å². The molecular formula is C12H16N2O3S2. The molecule has 1 atom stereocenters. The van der Waals surface area contributed by atoms with Gasteiger partial charge in [-0.3, -0.25) is 4.79 Å². The second kappa shape index (κ2) is 5.94. The Labute approximate surface area is 117 Å². The number of thioether (sulfide) groups is 1. The number of hydrogen-bond donors (Lipinski definition) is 1. The average molecular weight is 300 g/mol. The SMILES string of the molecule is CCCC1NS(=O)(=O)N(CSc2ccccc2)C1=O. The van der Waals surface area contributed by atoms with Crippen LogP contribution in [0.3, 0.4) is 0 Å². The Morgan fingerprint density at radius 2 is 2.00 bits per heavy atom. The van der Waals surface area contributed by atoms with Gasteiger partial charge in [0.2, 0.25) is 0 Å². The van der Waals surface area contributed by atoms with E-state index in [1.807, 2.05) is 37.3 Å². The van der Waals surface area contributed by atoms with Crippen LogP contribution in [-0.2, 0) is 15.0 Å². The quantitative estimate of drug-likeness (QED) is 0.839. The summed E-state index contributed by atoms with van der Waals surface area (Å²) in [5.41, 5.74) is 0. The molecule has 104 valence electrons. The Kier molecular flexibility index (Phi) is 4.49. The monoisotopic (exact) mass is 300 g/mol. The molecule has 1 fully saturated rings. The summed E-state index contributed by atoms with van der Waals surface area (Å²) in [4.78, 5) is 12.9. The van der Waals surface area contributed by atoms with E-state index in [0.717, 1.165) is 15.6 Å². The number of amides is 1. The zero-order valence-corrected chi connectivity index (χ0v) is 12.2. The molecule has 7 heteroatoms. The molecule has 0 aromatic heterocycles. The molecule has 2 rings (SSSR count). The maximum atomic E-state index is 12.0. The van der Waals surface area contributed by atoms with Crippen molar-refractivity contribution >= 4 is 27.9 Å². The van der Waals surface area contributed by atoms with E-state index in [0.29, 0.717) is 6.42 Å². The molecule has 0 bridgehead atoms. The Morgan fingerprint density at radius 1 is 1.32 bits per heavy atom. The largest absolute Gasteiger partial charge is 0.305 e. The molecule has 1 heterocycles. The second-order valence-electron chi connectivity index (χ2n) is 4.24. The van der Waals surface area contributed by atoms with Crippen LogP contribution in [0.1, 0.15) is 19.8 Å². The van der Waals surface area contributed by atoms with Crippen LogP contribution in [0.15, 0.2) is 35.2 Å². The van der Waals surface area contributed by atoms with Crippen molar-refractivity contribution in [1.82, 2.24) is 9.03 Å². The number of carbonyl (C=O) groups is 1. The molecule has 1 aliphatic heterocycles. The summed E-state index contributed by atoms with van der Waals surface area (Å²) >= 11 is 1.33. The van der Waals surface area contributed by atoms with E-state index in [2.05, 4.69) is 4.72 Å². The first-order chi connectivity index (χ1) is 9.04. The Bertz CT molecular complexity index is 545. The lowest BCUT2D eigenvalue weighted by atomic mass is 10.2. The van der Waals surface area contributed by atoms with Crippen LogP contribution in [0.25, 0.3) is 0 Å². The van der Waals surface area contributed by atoms with Gasteiger partial charge in [-0.05, 0) is 18.6 Å². The van der Waals surface area contributed by atoms with Crippen LogP contribution in [0.2, 0.25) is 0 Å². The minimum Gasteiger partial charge on any atom is -0.272 e. The molecule has 0 spiro atoms. The summed E-state index contributed by atoms with van der Waals surface area (Å²) in [6.07, 6.45) is 1.29. The molecule has 1 aromatic carbocycles. The van der Waals surface area contributed by atoms with Crippen LogP contribution < -0.4 is 4.72 Å². The van der Waals surface area contributed by atoms with Crippen LogP contribution in [0, 0.1) is 0 Å². The number of nitrogens with one attached hydrogen (secondary N) is 1.